The zero-order valence-electron chi connectivity index (χ0n) is 7.20. The number of hydrogen-bond acceptors (Lipinski definition) is 0. The second-order valence-electron chi connectivity index (χ2n) is 2.97. The lowest BCUT2D eigenvalue weighted by Crippen LogP contribution is -1.82. The van der Waals surface area contributed by atoms with E-state index >= 15 is 0 Å². The van der Waals surface area contributed by atoms with E-state index in [-0.39, 0.29) is 0 Å². The van der Waals surface area contributed by atoms with Crippen molar-refractivity contribution in [3.63, 3.8) is 0 Å². The topological polar surface area (TPSA) is 0 Å². The summed E-state index contributed by atoms with van der Waals surface area (Å²) in [6.45, 7) is -0.404. The monoisotopic (exact) mass is 173 g/mol. The number of hydrogen-bond donors (Lipinski definition) is 0. The quantitative estimate of drug-likeness (QED) is 0.653. The predicted octanol–water partition coefficient (Wildman–Crippen LogP) is 3.36. The molecule has 13 heavy (non-hydrogen) atoms. The Morgan fingerprint density at radius 1 is 1.00 bits per heavy atom. The molecule has 1 heteroatoms. The van der Waals surface area contributed by atoms with Gasteiger partial charge in [-0.15, -0.1) is 0 Å². The summed E-state index contributed by atoms with van der Waals surface area (Å²) in [6, 6.07) is 14.0. The van der Waals surface area contributed by atoms with Gasteiger partial charge in [-0.1, -0.05) is 42.5 Å². The van der Waals surface area contributed by atoms with Gasteiger partial charge < -0.3 is 0 Å². The summed E-state index contributed by atoms with van der Waals surface area (Å²) in [4.78, 5) is 0. The number of rotatable bonds is 2. The summed E-state index contributed by atoms with van der Waals surface area (Å²) in [6.07, 6.45) is 1.58. The van der Waals surface area contributed by atoms with E-state index in [1.54, 1.807) is 6.42 Å². The highest BCUT2D eigenvalue weighted by Gasteiger charge is 1.95. The fourth-order valence-electron chi connectivity index (χ4n) is 1.42. The van der Waals surface area contributed by atoms with Gasteiger partial charge in [-0.05, 0) is 16.3 Å². The van der Waals surface area contributed by atoms with Gasteiger partial charge in [0.05, 0.1) is 6.67 Å². The Hall–Kier alpha value is -1.37. The molecule has 0 saturated carbocycles. The average Bonchev–Trinajstić information content (AvgIpc) is 2.18. The molecule has 2 aromatic rings. The lowest BCUT2D eigenvalue weighted by molar-refractivity contribution is 0.544. The van der Waals surface area contributed by atoms with Gasteiger partial charge in [-0.3, -0.25) is 4.39 Å². The molecule has 0 heterocycles. The SMILES string of the molecule is FC[CH]c1ccc2ccccc2c1. The van der Waals surface area contributed by atoms with Gasteiger partial charge in [0.1, 0.15) is 0 Å². The first kappa shape index (κ1) is 8.24. The van der Waals surface area contributed by atoms with Crippen molar-refractivity contribution in [1.29, 1.82) is 0 Å². The summed E-state index contributed by atoms with van der Waals surface area (Å²) in [7, 11) is 0. The van der Waals surface area contributed by atoms with Crippen LogP contribution in [0.5, 0.6) is 0 Å². The van der Waals surface area contributed by atoms with Crippen LogP contribution >= 0.6 is 0 Å². The second kappa shape index (κ2) is 3.56. The second-order valence-corrected chi connectivity index (χ2v) is 2.97. The van der Waals surface area contributed by atoms with E-state index < -0.39 is 6.67 Å². The molecular formula is C12H10F. The predicted molar refractivity (Wildman–Crippen MR) is 53.3 cm³/mol. The van der Waals surface area contributed by atoms with Crippen LogP contribution in [0.2, 0.25) is 0 Å². The van der Waals surface area contributed by atoms with Crippen molar-refractivity contribution in [1.82, 2.24) is 0 Å². The van der Waals surface area contributed by atoms with Crippen molar-refractivity contribution in [2.24, 2.45) is 0 Å². The minimum absolute atomic E-state index is 0.404. The van der Waals surface area contributed by atoms with Crippen molar-refractivity contribution in [3.05, 3.63) is 54.4 Å². The minimum Gasteiger partial charge on any atom is -0.250 e. The van der Waals surface area contributed by atoms with E-state index in [2.05, 4.69) is 6.07 Å². The maximum atomic E-state index is 12.0. The molecule has 2 rings (SSSR count). The number of fused-ring (bicyclic) bond motifs is 1. The third kappa shape index (κ3) is 1.69. The largest absolute Gasteiger partial charge is 0.250 e. The van der Waals surface area contributed by atoms with E-state index in [4.69, 9.17) is 0 Å². The highest BCUT2D eigenvalue weighted by atomic mass is 19.1. The summed E-state index contributed by atoms with van der Waals surface area (Å²) in [5.74, 6) is 0. The highest BCUT2D eigenvalue weighted by Crippen LogP contribution is 2.16. The molecule has 0 aliphatic rings. The Kier molecular flexibility index (Phi) is 2.26. The van der Waals surface area contributed by atoms with E-state index in [9.17, 15) is 4.39 Å². The minimum atomic E-state index is -0.404. The van der Waals surface area contributed by atoms with Crippen LogP contribution in [0.25, 0.3) is 10.8 Å². The Morgan fingerprint density at radius 3 is 2.54 bits per heavy atom. The molecule has 0 aliphatic carbocycles. The van der Waals surface area contributed by atoms with Crippen molar-refractivity contribution < 1.29 is 4.39 Å². The lowest BCUT2D eigenvalue weighted by atomic mass is 10.1. The zero-order valence-corrected chi connectivity index (χ0v) is 7.20. The standard InChI is InChI=1S/C12H10F/c13-8-7-10-5-6-11-3-1-2-4-12(11)9-10/h1-7,9H,8H2. The first-order valence-electron chi connectivity index (χ1n) is 4.28. The van der Waals surface area contributed by atoms with Gasteiger partial charge in [0.2, 0.25) is 0 Å². The van der Waals surface area contributed by atoms with Crippen LogP contribution < -0.4 is 0 Å². The van der Waals surface area contributed by atoms with Crippen LogP contribution in [0, 0.1) is 6.42 Å². The van der Waals surface area contributed by atoms with Crippen LogP contribution in [0.3, 0.4) is 0 Å². The summed E-state index contributed by atoms with van der Waals surface area (Å²) < 4.78 is 12.0. The maximum Gasteiger partial charge on any atom is 0.0969 e. The number of benzene rings is 2. The van der Waals surface area contributed by atoms with Crippen molar-refractivity contribution in [2.45, 2.75) is 0 Å². The Labute approximate surface area is 77.0 Å². The van der Waals surface area contributed by atoms with E-state index in [1.165, 1.54) is 5.39 Å². The Balaban J connectivity index is 2.49. The van der Waals surface area contributed by atoms with Crippen molar-refractivity contribution >= 4 is 10.8 Å². The van der Waals surface area contributed by atoms with Gasteiger partial charge in [0, 0.05) is 6.42 Å². The summed E-state index contributed by atoms with van der Waals surface area (Å²) in [5.41, 5.74) is 0.946. The molecule has 0 N–H and O–H groups in total. The molecule has 0 nitrogen and oxygen atoms in total. The molecule has 2 aromatic carbocycles. The molecule has 0 aliphatic heterocycles. The molecule has 0 fully saturated rings. The van der Waals surface area contributed by atoms with Gasteiger partial charge in [-0.25, -0.2) is 0 Å². The lowest BCUT2D eigenvalue weighted by Gasteiger charge is -2.00. The number of alkyl halides is 1. The third-order valence-electron chi connectivity index (χ3n) is 2.09. The molecule has 0 atom stereocenters. The normalized spacial score (nSPS) is 10.5. The van der Waals surface area contributed by atoms with Crippen LogP contribution in [0.15, 0.2) is 42.5 Å². The number of halogens is 1. The fourth-order valence-corrected chi connectivity index (χ4v) is 1.42. The van der Waals surface area contributed by atoms with Gasteiger partial charge in [0.25, 0.3) is 0 Å². The van der Waals surface area contributed by atoms with Gasteiger partial charge >= 0.3 is 0 Å². The molecule has 1 radical (unpaired) electrons. The third-order valence-corrected chi connectivity index (χ3v) is 2.09. The van der Waals surface area contributed by atoms with E-state index in [0.29, 0.717) is 0 Å². The first-order chi connectivity index (χ1) is 6.40. The molecule has 0 saturated heterocycles. The highest BCUT2D eigenvalue weighted by molar-refractivity contribution is 5.83. The van der Waals surface area contributed by atoms with Crippen molar-refractivity contribution in [3.8, 4) is 0 Å². The maximum absolute atomic E-state index is 12.0. The zero-order chi connectivity index (χ0) is 9.10. The molecule has 0 bridgehead atoms. The van der Waals surface area contributed by atoms with Crippen LogP contribution in [0.1, 0.15) is 5.56 Å². The first-order valence-corrected chi connectivity index (χ1v) is 4.28. The van der Waals surface area contributed by atoms with Crippen LogP contribution in [-0.2, 0) is 0 Å². The molecule has 0 spiro atoms. The smallest absolute Gasteiger partial charge is 0.0969 e. The van der Waals surface area contributed by atoms with Crippen LogP contribution in [0.4, 0.5) is 4.39 Å². The molecule has 65 valence electrons. The van der Waals surface area contributed by atoms with Crippen molar-refractivity contribution in [2.75, 3.05) is 6.67 Å². The van der Waals surface area contributed by atoms with Crippen LogP contribution in [-0.4, -0.2) is 6.67 Å². The average molecular weight is 173 g/mol. The molecular weight excluding hydrogens is 163 g/mol. The Bertz CT molecular complexity index is 407. The molecule has 0 amide bonds. The molecule has 0 unspecified atom stereocenters. The summed E-state index contributed by atoms with van der Waals surface area (Å²) >= 11 is 0. The Morgan fingerprint density at radius 2 is 1.77 bits per heavy atom. The van der Waals surface area contributed by atoms with Gasteiger partial charge in [-0.2, -0.15) is 0 Å². The summed E-state index contributed by atoms with van der Waals surface area (Å²) in [5, 5.41) is 2.35. The molecule has 0 aromatic heterocycles. The van der Waals surface area contributed by atoms with Gasteiger partial charge in [0.15, 0.2) is 0 Å². The fraction of sp³-hybridized carbons (Fsp3) is 0.0833. The van der Waals surface area contributed by atoms with E-state index in [1.807, 2.05) is 36.4 Å². The van der Waals surface area contributed by atoms with E-state index in [0.717, 1.165) is 10.9 Å².